The predicted octanol–water partition coefficient (Wildman–Crippen LogP) is 5.43. The van der Waals surface area contributed by atoms with Crippen LogP contribution in [0.15, 0.2) is 51.6 Å². The van der Waals surface area contributed by atoms with E-state index in [2.05, 4.69) is 15.3 Å². The average molecular weight is 430 g/mol. The number of carbonyl (C=O) groups is 1. The molecule has 8 heteroatoms. The molecule has 0 aliphatic rings. The van der Waals surface area contributed by atoms with Crippen LogP contribution in [0, 0.1) is 0 Å². The van der Waals surface area contributed by atoms with Crippen molar-refractivity contribution in [3.05, 3.63) is 63.4 Å². The molecule has 0 aliphatic carbocycles. The molecule has 0 radical (unpaired) electrons. The molecule has 2 aromatic heterocycles. The minimum Gasteiger partial charge on any atom is -0.357 e. The van der Waals surface area contributed by atoms with Crippen LogP contribution >= 0.6 is 34.7 Å². The number of nitrogens with zero attached hydrogens (tertiary/aromatic N) is 1. The summed E-state index contributed by atoms with van der Waals surface area (Å²) in [5.74, 6) is 0.590. The zero-order chi connectivity index (χ0) is 19.7. The third-order valence-corrected chi connectivity index (χ3v) is 6.62. The van der Waals surface area contributed by atoms with Crippen LogP contribution < -0.4 is 10.7 Å². The van der Waals surface area contributed by atoms with Gasteiger partial charge in [0.15, 0.2) is 9.77 Å². The van der Waals surface area contributed by atoms with Gasteiger partial charge in [0.05, 0.1) is 10.2 Å². The number of fused-ring (bicyclic) bond motifs is 2. The lowest BCUT2D eigenvalue weighted by Gasteiger charge is -2.03. The van der Waals surface area contributed by atoms with Crippen molar-refractivity contribution in [2.24, 2.45) is 0 Å². The average Bonchev–Trinajstić information content (AvgIpc) is 3.09. The Hall–Kier alpha value is -2.35. The van der Waals surface area contributed by atoms with E-state index in [4.69, 9.17) is 11.6 Å². The summed E-state index contributed by atoms with van der Waals surface area (Å²) in [4.78, 5) is 31.8. The minimum atomic E-state index is -0.0487. The van der Waals surface area contributed by atoms with Crippen LogP contribution in [0.1, 0.15) is 19.0 Å². The fraction of sp³-hybridized carbons (Fsp3) is 0.150. The molecule has 2 heterocycles. The Labute approximate surface area is 174 Å². The normalized spacial score (nSPS) is 11.2. The molecule has 1 amide bonds. The van der Waals surface area contributed by atoms with Crippen molar-refractivity contribution in [2.75, 3.05) is 5.32 Å². The van der Waals surface area contributed by atoms with Gasteiger partial charge in [0.1, 0.15) is 0 Å². The number of hydrogen-bond donors (Lipinski definition) is 2. The number of rotatable bonds is 5. The largest absolute Gasteiger partial charge is 0.357 e. The highest BCUT2D eigenvalue weighted by atomic mass is 35.5. The lowest BCUT2D eigenvalue weighted by atomic mass is 10.2. The van der Waals surface area contributed by atoms with Crippen molar-refractivity contribution in [1.82, 2.24) is 9.97 Å². The van der Waals surface area contributed by atoms with Gasteiger partial charge in [-0.15, -0.1) is 11.3 Å². The van der Waals surface area contributed by atoms with Gasteiger partial charge in [-0.25, -0.2) is 4.98 Å². The van der Waals surface area contributed by atoms with E-state index >= 15 is 0 Å². The van der Waals surface area contributed by atoms with Crippen molar-refractivity contribution in [1.29, 1.82) is 0 Å². The first kappa shape index (κ1) is 19.0. The fourth-order valence-corrected chi connectivity index (χ4v) is 4.97. The number of carbonyl (C=O) groups excluding carboxylic acids is 1. The molecule has 4 rings (SSSR count). The molecule has 0 bridgehead atoms. The fourth-order valence-electron chi connectivity index (χ4n) is 2.78. The second-order valence-electron chi connectivity index (χ2n) is 6.20. The molecule has 2 aromatic carbocycles. The summed E-state index contributed by atoms with van der Waals surface area (Å²) < 4.78 is 1.92. The molecular formula is C20H16ClN3O2S2. The lowest BCUT2D eigenvalue weighted by molar-refractivity contribution is -0.115. The summed E-state index contributed by atoms with van der Waals surface area (Å²) in [5, 5.41) is 3.99. The lowest BCUT2D eigenvalue weighted by Crippen LogP contribution is -2.08. The predicted molar refractivity (Wildman–Crippen MR) is 118 cm³/mol. The van der Waals surface area contributed by atoms with E-state index in [-0.39, 0.29) is 11.3 Å². The third-order valence-electron chi connectivity index (χ3n) is 4.17. The monoisotopic (exact) mass is 429 g/mol. The Morgan fingerprint density at radius 1 is 1.25 bits per heavy atom. The van der Waals surface area contributed by atoms with Gasteiger partial charge in [0.2, 0.25) is 5.91 Å². The van der Waals surface area contributed by atoms with Gasteiger partial charge in [0.25, 0.3) is 0 Å². The number of benzene rings is 2. The molecule has 0 saturated carbocycles. The van der Waals surface area contributed by atoms with Crippen LogP contribution in [-0.2, 0) is 10.5 Å². The van der Waals surface area contributed by atoms with Crippen molar-refractivity contribution in [3.8, 4) is 0 Å². The maximum Gasteiger partial charge on any atom is 0.224 e. The van der Waals surface area contributed by atoms with Crippen molar-refractivity contribution < 1.29 is 4.79 Å². The number of pyridine rings is 1. The van der Waals surface area contributed by atoms with Crippen molar-refractivity contribution >= 4 is 67.4 Å². The Balaban J connectivity index is 1.54. The van der Waals surface area contributed by atoms with Crippen LogP contribution in [0.4, 0.5) is 5.69 Å². The summed E-state index contributed by atoms with van der Waals surface area (Å²) in [5.41, 5.74) is 3.22. The smallest absolute Gasteiger partial charge is 0.224 e. The number of thiazole rings is 1. The molecular weight excluding hydrogens is 414 g/mol. The SMILES string of the molecule is CCC(=O)Nc1ccc2nc(SCc3cc(=O)c4cc(Cl)ccc4[nH]3)sc2c1. The summed E-state index contributed by atoms with van der Waals surface area (Å²) >= 11 is 9.10. The van der Waals surface area contributed by atoms with E-state index in [0.717, 1.165) is 31.5 Å². The van der Waals surface area contributed by atoms with Crippen LogP contribution in [0.2, 0.25) is 5.02 Å². The van der Waals surface area contributed by atoms with E-state index in [1.807, 2.05) is 31.2 Å². The van der Waals surface area contributed by atoms with Crippen LogP contribution in [0.25, 0.3) is 21.1 Å². The molecule has 28 heavy (non-hydrogen) atoms. The molecule has 5 nitrogen and oxygen atoms in total. The number of H-pyrrole nitrogens is 1. The number of nitrogens with one attached hydrogen (secondary N) is 2. The van der Waals surface area contributed by atoms with Gasteiger partial charge in [-0.05, 0) is 36.4 Å². The Morgan fingerprint density at radius 3 is 2.93 bits per heavy atom. The zero-order valence-electron chi connectivity index (χ0n) is 14.9. The summed E-state index contributed by atoms with van der Waals surface area (Å²) in [6, 6.07) is 12.6. The maximum absolute atomic E-state index is 12.3. The second kappa shape index (κ2) is 7.95. The topological polar surface area (TPSA) is 74.8 Å². The first-order chi connectivity index (χ1) is 13.5. The Kier molecular flexibility index (Phi) is 5.39. The molecule has 2 N–H and O–H groups in total. The second-order valence-corrected chi connectivity index (χ2v) is 8.89. The molecule has 0 fully saturated rings. The van der Waals surface area contributed by atoms with E-state index in [1.54, 1.807) is 41.3 Å². The van der Waals surface area contributed by atoms with Gasteiger partial charge >= 0.3 is 0 Å². The standard InChI is InChI=1S/C20H16ClN3O2S2/c1-2-19(26)23-12-4-6-16-18(9-12)28-20(24-16)27-10-13-8-17(25)14-7-11(21)3-5-15(14)22-13/h3-9H,2,10H2,1H3,(H,22,25)(H,23,26). The number of hydrogen-bond acceptors (Lipinski definition) is 5. The molecule has 0 saturated heterocycles. The number of thioether (sulfide) groups is 1. The first-order valence-electron chi connectivity index (χ1n) is 8.66. The zero-order valence-corrected chi connectivity index (χ0v) is 17.3. The van der Waals surface area contributed by atoms with Gasteiger partial charge < -0.3 is 10.3 Å². The number of aromatic nitrogens is 2. The van der Waals surface area contributed by atoms with Crippen molar-refractivity contribution in [2.45, 2.75) is 23.4 Å². The third kappa shape index (κ3) is 4.06. The molecule has 0 unspecified atom stereocenters. The van der Waals surface area contributed by atoms with Gasteiger partial charge in [0, 0.05) is 45.5 Å². The highest BCUT2D eigenvalue weighted by Crippen LogP contribution is 2.32. The first-order valence-corrected chi connectivity index (χ1v) is 10.8. The number of halogens is 1. The van der Waals surface area contributed by atoms with Crippen molar-refractivity contribution in [3.63, 3.8) is 0 Å². The van der Waals surface area contributed by atoms with E-state index in [1.165, 1.54) is 0 Å². The summed E-state index contributed by atoms with van der Waals surface area (Å²) in [6.45, 7) is 1.82. The van der Waals surface area contributed by atoms with E-state index < -0.39 is 0 Å². The highest BCUT2D eigenvalue weighted by Gasteiger charge is 2.09. The van der Waals surface area contributed by atoms with E-state index in [0.29, 0.717) is 22.6 Å². The molecule has 0 spiro atoms. The summed E-state index contributed by atoms with van der Waals surface area (Å²) in [6.07, 6.45) is 0.442. The Bertz CT molecular complexity index is 1250. The van der Waals surface area contributed by atoms with Gasteiger partial charge in [-0.3, -0.25) is 9.59 Å². The van der Waals surface area contributed by atoms with Crippen LogP contribution in [0.3, 0.4) is 0 Å². The number of amides is 1. The minimum absolute atomic E-state index is 0.0139. The molecule has 142 valence electrons. The summed E-state index contributed by atoms with van der Waals surface area (Å²) in [7, 11) is 0. The number of anilines is 1. The Morgan fingerprint density at radius 2 is 2.11 bits per heavy atom. The number of aromatic amines is 1. The molecule has 4 aromatic rings. The van der Waals surface area contributed by atoms with Crippen LogP contribution in [-0.4, -0.2) is 15.9 Å². The van der Waals surface area contributed by atoms with Gasteiger partial charge in [-0.1, -0.05) is 30.3 Å². The molecule has 0 atom stereocenters. The van der Waals surface area contributed by atoms with Crippen LogP contribution in [0.5, 0.6) is 0 Å². The maximum atomic E-state index is 12.3. The quantitative estimate of drug-likeness (QED) is 0.414. The highest BCUT2D eigenvalue weighted by molar-refractivity contribution is 8.00. The molecule has 0 aliphatic heterocycles. The van der Waals surface area contributed by atoms with Gasteiger partial charge in [-0.2, -0.15) is 0 Å². The van der Waals surface area contributed by atoms with E-state index in [9.17, 15) is 9.59 Å².